The minimum Gasteiger partial charge on any atom is -0.0897 e. The van der Waals surface area contributed by atoms with Crippen LogP contribution in [0.2, 0.25) is 13.1 Å². The molecule has 0 atom stereocenters. The van der Waals surface area contributed by atoms with Crippen LogP contribution in [0.1, 0.15) is 0 Å². The number of alkyl halides is 2. The van der Waals surface area contributed by atoms with Gasteiger partial charge in [-0.15, -0.1) is 0 Å². The maximum absolute atomic E-state index is 2.49. The van der Waals surface area contributed by atoms with Crippen LogP contribution < -0.4 is 0 Å². The van der Waals surface area contributed by atoms with E-state index in [-0.39, 0.29) is 0 Å². The van der Waals surface area contributed by atoms with E-state index in [9.17, 15) is 0 Å². The lowest BCUT2D eigenvalue weighted by atomic mass is 11.8. The Morgan fingerprint density at radius 2 is 1.43 bits per heavy atom. The lowest BCUT2D eigenvalue weighted by Gasteiger charge is -2.13. The third-order valence-corrected chi connectivity index (χ3v) is 14.6. The van der Waals surface area contributed by atoms with Crippen LogP contribution in [-0.2, 0) is 0 Å². The third kappa shape index (κ3) is 4.20. The lowest BCUT2D eigenvalue weighted by molar-refractivity contribution is 1.70. The van der Waals surface area contributed by atoms with E-state index in [1.165, 1.54) is 8.10 Å². The first-order valence-electron chi connectivity index (χ1n) is 2.24. The van der Waals surface area contributed by atoms with E-state index in [0.29, 0.717) is 0 Å². The number of hydrogen-bond acceptors (Lipinski definition) is 0. The summed E-state index contributed by atoms with van der Waals surface area (Å²) in [6.45, 7) is 4.84. The van der Waals surface area contributed by atoms with Gasteiger partial charge in [0.2, 0.25) is 0 Å². The molecule has 3 heteroatoms. The Labute approximate surface area is 73.7 Å². The summed E-state index contributed by atoms with van der Waals surface area (Å²) >= 11 is 4.97. The summed E-state index contributed by atoms with van der Waals surface area (Å²) in [4.78, 5) is 0. The molecule has 44 valence electrons. The van der Waals surface area contributed by atoms with E-state index in [1.54, 1.807) is 0 Å². The molecule has 0 heterocycles. The van der Waals surface area contributed by atoms with Gasteiger partial charge in [0.15, 0.2) is 0 Å². The van der Waals surface area contributed by atoms with Crippen LogP contribution in [0.5, 0.6) is 0 Å². The largest absolute Gasteiger partial charge is 0.0897 e. The molecule has 0 bridgehead atoms. The summed E-state index contributed by atoms with van der Waals surface area (Å²) in [5.74, 6) is 0. The third-order valence-electron chi connectivity index (χ3n) is 0.724. The molecule has 0 spiro atoms. The SMILES string of the molecule is C[Si](C)(CI)CI. The summed E-state index contributed by atoms with van der Waals surface area (Å²) in [7, 11) is -0.678. The number of halogens is 2. The molecular formula is C4H10I2Si. The zero-order chi connectivity index (χ0) is 5.91. The molecule has 7 heavy (non-hydrogen) atoms. The topological polar surface area (TPSA) is 0 Å². The first-order chi connectivity index (χ1) is 3.12. The fraction of sp³-hybridized carbons (Fsp3) is 1.00. The van der Waals surface area contributed by atoms with E-state index < -0.39 is 8.07 Å². The second-order valence-corrected chi connectivity index (χ2v) is 11.9. The Balaban J connectivity index is 3.36. The van der Waals surface area contributed by atoms with Crippen LogP contribution in [0.4, 0.5) is 0 Å². The maximum Gasteiger partial charge on any atom is 0.0679 e. The molecule has 0 N–H and O–H groups in total. The highest BCUT2D eigenvalue weighted by Crippen LogP contribution is 2.08. The van der Waals surface area contributed by atoms with Crippen LogP contribution in [0.15, 0.2) is 0 Å². The summed E-state index contributed by atoms with van der Waals surface area (Å²) in [6, 6.07) is 0. The quantitative estimate of drug-likeness (QED) is 0.412. The van der Waals surface area contributed by atoms with Gasteiger partial charge in [-0.25, -0.2) is 0 Å². The molecule has 0 aromatic carbocycles. The highest BCUT2D eigenvalue weighted by Gasteiger charge is 2.15. The van der Waals surface area contributed by atoms with Crippen molar-refractivity contribution in [2.75, 3.05) is 8.10 Å². The molecule has 0 saturated heterocycles. The van der Waals surface area contributed by atoms with Crippen molar-refractivity contribution in [3.8, 4) is 0 Å². The van der Waals surface area contributed by atoms with Gasteiger partial charge < -0.3 is 0 Å². The van der Waals surface area contributed by atoms with Gasteiger partial charge in [0.1, 0.15) is 0 Å². The Hall–Kier alpha value is 1.68. The Bertz CT molecular complexity index is 47.7. The summed E-state index contributed by atoms with van der Waals surface area (Å²) < 4.78 is 2.79. The van der Waals surface area contributed by atoms with Crippen molar-refractivity contribution in [1.82, 2.24) is 0 Å². The average Bonchev–Trinajstić information content (AvgIpc) is 1.68. The monoisotopic (exact) mass is 340 g/mol. The van der Waals surface area contributed by atoms with Crippen molar-refractivity contribution in [2.45, 2.75) is 13.1 Å². The maximum atomic E-state index is 2.49. The first kappa shape index (κ1) is 8.68. The van der Waals surface area contributed by atoms with Crippen LogP contribution in [0, 0.1) is 0 Å². The predicted molar refractivity (Wildman–Crippen MR) is 55.3 cm³/mol. The summed E-state index contributed by atoms with van der Waals surface area (Å²) in [5, 5.41) is 0. The summed E-state index contributed by atoms with van der Waals surface area (Å²) in [5.41, 5.74) is 0. The Morgan fingerprint density at radius 1 is 1.14 bits per heavy atom. The minimum atomic E-state index is -0.678. The smallest absolute Gasteiger partial charge is 0.0679 e. The molecule has 0 saturated carbocycles. The second-order valence-electron chi connectivity index (χ2n) is 2.43. The van der Waals surface area contributed by atoms with Gasteiger partial charge in [0.05, 0.1) is 8.07 Å². The van der Waals surface area contributed by atoms with Crippen LogP contribution in [-0.4, -0.2) is 16.2 Å². The van der Waals surface area contributed by atoms with Crippen LogP contribution in [0.25, 0.3) is 0 Å². The fourth-order valence-electron chi connectivity index (χ4n) is 0.0357. The molecular weight excluding hydrogens is 330 g/mol. The Kier molecular flexibility index (Phi) is 4.53. The normalized spacial score (nSPS) is 12.0. The minimum absolute atomic E-state index is 0.678. The van der Waals surface area contributed by atoms with Crippen molar-refractivity contribution in [3.63, 3.8) is 0 Å². The van der Waals surface area contributed by atoms with Crippen LogP contribution in [0.3, 0.4) is 0 Å². The summed E-state index contributed by atoms with van der Waals surface area (Å²) in [6.07, 6.45) is 0. The molecule has 0 aliphatic rings. The van der Waals surface area contributed by atoms with Gasteiger partial charge in [-0.2, -0.15) is 0 Å². The highest BCUT2D eigenvalue weighted by atomic mass is 127. The molecule has 0 aliphatic heterocycles. The van der Waals surface area contributed by atoms with Crippen molar-refractivity contribution < 1.29 is 0 Å². The number of rotatable bonds is 2. The standard InChI is InChI=1S/C4H10I2Si/c1-7(2,3-5)4-6/h3-4H2,1-2H3. The molecule has 0 amide bonds. The van der Waals surface area contributed by atoms with Gasteiger partial charge in [0.25, 0.3) is 0 Å². The highest BCUT2D eigenvalue weighted by molar-refractivity contribution is 14.1. The molecule has 0 radical (unpaired) electrons. The van der Waals surface area contributed by atoms with E-state index in [2.05, 4.69) is 58.3 Å². The molecule has 0 aromatic heterocycles. The van der Waals surface area contributed by atoms with Gasteiger partial charge in [0, 0.05) is 0 Å². The van der Waals surface area contributed by atoms with Crippen LogP contribution >= 0.6 is 45.2 Å². The van der Waals surface area contributed by atoms with Gasteiger partial charge in [-0.05, 0) is 8.10 Å². The van der Waals surface area contributed by atoms with Gasteiger partial charge >= 0.3 is 0 Å². The fourth-order valence-corrected chi connectivity index (χ4v) is 4.82. The zero-order valence-corrected chi connectivity index (χ0v) is 9.99. The molecule has 0 aromatic rings. The van der Waals surface area contributed by atoms with Crippen molar-refractivity contribution in [1.29, 1.82) is 0 Å². The molecule has 0 aliphatic carbocycles. The first-order valence-corrected chi connectivity index (χ1v) is 8.71. The predicted octanol–water partition coefficient (Wildman–Crippen LogP) is 2.64. The molecule has 0 nitrogen and oxygen atoms in total. The second kappa shape index (κ2) is 3.65. The van der Waals surface area contributed by atoms with E-state index in [1.807, 2.05) is 0 Å². The van der Waals surface area contributed by atoms with E-state index in [4.69, 9.17) is 0 Å². The van der Waals surface area contributed by atoms with Gasteiger partial charge in [-0.3, -0.25) is 0 Å². The molecule has 0 rings (SSSR count). The van der Waals surface area contributed by atoms with Crippen molar-refractivity contribution in [2.24, 2.45) is 0 Å². The molecule has 0 unspecified atom stereocenters. The average molecular weight is 340 g/mol. The van der Waals surface area contributed by atoms with Crippen molar-refractivity contribution in [3.05, 3.63) is 0 Å². The molecule has 0 fully saturated rings. The van der Waals surface area contributed by atoms with E-state index in [0.717, 1.165) is 0 Å². The van der Waals surface area contributed by atoms with E-state index >= 15 is 0 Å². The zero-order valence-electron chi connectivity index (χ0n) is 4.67. The van der Waals surface area contributed by atoms with Crippen molar-refractivity contribution >= 4 is 53.3 Å². The van der Waals surface area contributed by atoms with Gasteiger partial charge in [-0.1, -0.05) is 58.3 Å². The lowest BCUT2D eigenvalue weighted by Crippen LogP contribution is -2.30. The Morgan fingerprint density at radius 3 is 1.43 bits per heavy atom. The number of hydrogen-bond donors (Lipinski definition) is 0.